The van der Waals surface area contributed by atoms with Gasteiger partial charge in [-0.2, -0.15) is 0 Å². The third kappa shape index (κ3) is 3.19. The fourth-order valence-electron chi connectivity index (χ4n) is 2.62. The molecule has 0 bridgehead atoms. The summed E-state index contributed by atoms with van der Waals surface area (Å²) in [7, 11) is 0. The molecule has 0 amide bonds. The summed E-state index contributed by atoms with van der Waals surface area (Å²) >= 11 is 5.69. The van der Waals surface area contributed by atoms with Gasteiger partial charge in [-0.3, -0.25) is 10.1 Å². The second kappa shape index (κ2) is 6.37. The van der Waals surface area contributed by atoms with Crippen LogP contribution < -0.4 is 5.32 Å². The van der Waals surface area contributed by atoms with Gasteiger partial charge in [-0.25, -0.2) is 4.39 Å². The van der Waals surface area contributed by atoms with Crippen molar-refractivity contribution in [3.05, 3.63) is 33.1 Å². The number of anilines is 1. The van der Waals surface area contributed by atoms with E-state index < -0.39 is 10.7 Å². The van der Waals surface area contributed by atoms with Crippen molar-refractivity contribution in [2.75, 3.05) is 11.9 Å². The van der Waals surface area contributed by atoms with Crippen LogP contribution in [0.5, 0.6) is 0 Å². The van der Waals surface area contributed by atoms with E-state index in [1.54, 1.807) is 0 Å². The van der Waals surface area contributed by atoms with Crippen LogP contribution in [0.4, 0.5) is 15.8 Å². The molecular formula is C13H16ClFN2O3. The van der Waals surface area contributed by atoms with E-state index in [0.29, 0.717) is 0 Å². The van der Waals surface area contributed by atoms with Crippen LogP contribution in [0, 0.1) is 21.8 Å². The lowest BCUT2D eigenvalue weighted by Gasteiger charge is -2.31. The Hall–Kier alpha value is -1.40. The number of rotatable bonds is 4. The van der Waals surface area contributed by atoms with Gasteiger partial charge < -0.3 is 10.4 Å². The zero-order chi connectivity index (χ0) is 14.7. The lowest BCUT2D eigenvalue weighted by atomic mass is 9.85. The van der Waals surface area contributed by atoms with Crippen molar-refractivity contribution in [1.82, 2.24) is 0 Å². The van der Waals surface area contributed by atoms with Crippen LogP contribution in [0.15, 0.2) is 12.1 Å². The average molecular weight is 303 g/mol. The van der Waals surface area contributed by atoms with Crippen LogP contribution >= 0.6 is 11.6 Å². The first kappa shape index (κ1) is 15.0. The number of hydrogen-bond donors (Lipinski definition) is 2. The number of benzene rings is 1. The molecule has 1 aromatic carbocycles. The first-order valence-corrected chi connectivity index (χ1v) is 6.91. The van der Waals surface area contributed by atoms with Crippen LogP contribution in [0.3, 0.4) is 0 Å². The lowest BCUT2D eigenvalue weighted by Crippen LogP contribution is -2.34. The molecule has 1 aliphatic carbocycles. The van der Waals surface area contributed by atoms with Crippen molar-refractivity contribution >= 4 is 23.0 Å². The Morgan fingerprint density at radius 1 is 1.45 bits per heavy atom. The van der Waals surface area contributed by atoms with Crippen molar-refractivity contribution in [1.29, 1.82) is 0 Å². The first-order valence-electron chi connectivity index (χ1n) is 6.53. The van der Waals surface area contributed by atoms with Crippen molar-refractivity contribution in [2.24, 2.45) is 5.92 Å². The fourth-order valence-corrected chi connectivity index (χ4v) is 2.78. The SMILES string of the molecule is O=[N+]([O-])c1cc(F)c(Cl)cc1NC1CCCCC1CO. The lowest BCUT2D eigenvalue weighted by molar-refractivity contribution is -0.384. The minimum atomic E-state index is -0.814. The number of aliphatic hydroxyl groups is 1. The molecule has 0 radical (unpaired) electrons. The highest BCUT2D eigenvalue weighted by molar-refractivity contribution is 6.31. The molecule has 5 nitrogen and oxygen atoms in total. The highest BCUT2D eigenvalue weighted by atomic mass is 35.5. The molecule has 110 valence electrons. The minimum Gasteiger partial charge on any atom is -0.396 e. The zero-order valence-corrected chi connectivity index (χ0v) is 11.6. The molecule has 2 atom stereocenters. The third-order valence-corrected chi connectivity index (χ3v) is 4.01. The fraction of sp³-hybridized carbons (Fsp3) is 0.538. The Labute approximate surface area is 120 Å². The second-order valence-electron chi connectivity index (χ2n) is 5.02. The minimum absolute atomic E-state index is 0.0282. The molecule has 2 unspecified atom stereocenters. The molecule has 0 heterocycles. The van der Waals surface area contributed by atoms with Gasteiger partial charge in [0.05, 0.1) is 16.0 Å². The van der Waals surface area contributed by atoms with Crippen molar-refractivity contribution in [2.45, 2.75) is 31.7 Å². The Balaban J connectivity index is 2.27. The monoisotopic (exact) mass is 302 g/mol. The molecular weight excluding hydrogens is 287 g/mol. The summed E-state index contributed by atoms with van der Waals surface area (Å²) in [4.78, 5) is 10.3. The smallest absolute Gasteiger partial charge is 0.295 e. The van der Waals surface area contributed by atoms with Crippen molar-refractivity contribution in [3.8, 4) is 0 Å². The first-order chi connectivity index (χ1) is 9.52. The molecule has 0 saturated heterocycles. The zero-order valence-electron chi connectivity index (χ0n) is 10.8. The van der Waals surface area contributed by atoms with Crippen molar-refractivity contribution in [3.63, 3.8) is 0 Å². The van der Waals surface area contributed by atoms with E-state index in [9.17, 15) is 19.6 Å². The van der Waals surface area contributed by atoms with E-state index in [0.717, 1.165) is 31.7 Å². The Bertz CT molecular complexity index is 513. The molecule has 1 aromatic rings. The van der Waals surface area contributed by atoms with Crippen LogP contribution in [0.25, 0.3) is 0 Å². The van der Waals surface area contributed by atoms with E-state index in [-0.39, 0.29) is 35.0 Å². The van der Waals surface area contributed by atoms with E-state index in [4.69, 9.17) is 11.6 Å². The molecule has 20 heavy (non-hydrogen) atoms. The van der Waals surface area contributed by atoms with Crippen LogP contribution in [0.1, 0.15) is 25.7 Å². The maximum absolute atomic E-state index is 13.3. The topological polar surface area (TPSA) is 75.4 Å². The van der Waals surface area contributed by atoms with Gasteiger partial charge in [0.1, 0.15) is 11.5 Å². The van der Waals surface area contributed by atoms with Crippen LogP contribution in [-0.2, 0) is 0 Å². The summed E-state index contributed by atoms with van der Waals surface area (Å²) in [5, 5.41) is 23.2. The molecule has 2 rings (SSSR count). The van der Waals surface area contributed by atoms with Gasteiger partial charge in [0.2, 0.25) is 0 Å². The highest BCUT2D eigenvalue weighted by Gasteiger charge is 2.27. The van der Waals surface area contributed by atoms with Gasteiger partial charge in [0.15, 0.2) is 0 Å². The number of nitro groups is 1. The van der Waals surface area contributed by atoms with Gasteiger partial charge in [-0.1, -0.05) is 24.4 Å². The largest absolute Gasteiger partial charge is 0.396 e. The number of aliphatic hydroxyl groups excluding tert-OH is 1. The third-order valence-electron chi connectivity index (χ3n) is 3.72. The van der Waals surface area contributed by atoms with Crippen LogP contribution in [-0.4, -0.2) is 22.7 Å². The molecule has 0 aliphatic heterocycles. The molecule has 2 N–H and O–H groups in total. The van der Waals surface area contributed by atoms with Gasteiger partial charge in [0.25, 0.3) is 5.69 Å². The molecule has 1 saturated carbocycles. The Morgan fingerprint density at radius 2 is 2.15 bits per heavy atom. The number of hydrogen-bond acceptors (Lipinski definition) is 4. The Kier molecular flexibility index (Phi) is 4.77. The predicted octanol–water partition coefficient (Wildman–Crippen LogP) is 3.35. The predicted molar refractivity (Wildman–Crippen MR) is 74.5 cm³/mol. The van der Waals surface area contributed by atoms with Gasteiger partial charge in [-0.05, 0) is 18.9 Å². The summed E-state index contributed by atoms with van der Waals surface area (Å²) in [5.41, 5.74) is -0.138. The summed E-state index contributed by atoms with van der Waals surface area (Å²) in [5.74, 6) is -0.765. The van der Waals surface area contributed by atoms with Crippen LogP contribution in [0.2, 0.25) is 5.02 Å². The van der Waals surface area contributed by atoms with Gasteiger partial charge in [-0.15, -0.1) is 0 Å². The molecule has 7 heteroatoms. The normalized spacial score (nSPS) is 22.6. The molecule has 0 aromatic heterocycles. The molecule has 1 aliphatic rings. The van der Waals surface area contributed by atoms with E-state index in [2.05, 4.69) is 5.32 Å². The Morgan fingerprint density at radius 3 is 2.80 bits per heavy atom. The van der Waals surface area contributed by atoms with Crippen molar-refractivity contribution < 1.29 is 14.4 Å². The van der Waals surface area contributed by atoms with E-state index >= 15 is 0 Å². The second-order valence-corrected chi connectivity index (χ2v) is 5.43. The number of nitro benzene ring substituents is 1. The van der Waals surface area contributed by atoms with Gasteiger partial charge >= 0.3 is 0 Å². The van der Waals surface area contributed by atoms with E-state index in [1.807, 2.05) is 0 Å². The molecule has 0 spiro atoms. The number of halogens is 2. The quantitative estimate of drug-likeness (QED) is 0.660. The summed E-state index contributed by atoms with van der Waals surface area (Å²) in [6, 6.07) is 1.99. The molecule has 1 fully saturated rings. The number of nitrogens with one attached hydrogen (secondary N) is 1. The average Bonchev–Trinajstić information content (AvgIpc) is 2.43. The maximum Gasteiger partial charge on any atom is 0.295 e. The summed E-state index contributed by atoms with van der Waals surface area (Å²) in [6.07, 6.45) is 3.72. The number of nitrogens with zero attached hydrogens (tertiary/aromatic N) is 1. The van der Waals surface area contributed by atoms with E-state index in [1.165, 1.54) is 6.07 Å². The standard InChI is InChI=1S/C13H16ClFN2O3/c14-9-5-12(13(17(19)20)6-10(9)15)16-11-4-2-1-3-8(11)7-18/h5-6,8,11,16,18H,1-4,7H2. The summed E-state index contributed by atoms with van der Waals surface area (Å²) < 4.78 is 13.3. The highest BCUT2D eigenvalue weighted by Crippen LogP contribution is 2.34. The maximum atomic E-state index is 13.3. The summed E-state index contributed by atoms with van der Waals surface area (Å²) in [6.45, 7) is 0.0282. The van der Waals surface area contributed by atoms with Gasteiger partial charge in [0, 0.05) is 18.6 Å².